The highest BCUT2D eigenvalue weighted by molar-refractivity contribution is 5.89. The molecule has 1 saturated carbocycles. The average molecular weight is 851 g/mol. The molecule has 0 amide bonds. The second-order valence-corrected chi connectivity index (χ2v) is 15.9. The van der Waals surface area contributed by atoms with Crippen molar-refractivity contribution < 1.29 is 103 Å². The van der Waals surface area contributed by atoms with Crippen molar-refractivity contribution in [2.24, 2.45) is 17.8 Å². The van der Waals surface area contributed by atoms with Gasteiger partial charge >= 0.3 is 11.9 Å². The second kappa shape index (κ2) is 19.6. The van der Waals surface area contributed by atoms with Crippen molar-refractivity contribution in [3.8, 4) is 0 Å². The molecule has 0 aromatic heterocycles. The van der Waals surface area contributed by atoms with Crippen molar-refractivity contribution in [1.82, 2.24) is 0 Å². The maximum atomic E-state index is 13.4. The summed E-state index contributed by atoms with van der Waals surface area (Å²) in [6.45, 7) is 6.38. The quantitative estimate of drug-likeness (QED) is 0.0407. The third-order valence-electron chi connectivity index (χ3n) is 11.9. The Labute approximate surface area is 339 Å². The summed E-state index contributed by atoms with van der Waals surface area (Å²) < 4.78 is 50.5. The summed E-state index contributed by atoms with van der Waals surface area (Å²) in [7, 11) is 1.20. The fourth-order valence-electron chi connectivity index (χ4n) is 7.87. The van der Waals surface area contributed by atoms with Gasteiger partial charge in [-0.3, -0.25) is 0 Å². The second-order valence-electron chi connectivity index (χ2n) is 15.9. The molecule has 0 bridgehead atoms. The summed E-state index contributed by atoms with van der Waals surface area (Å²) in [4.78, 5) is 26.1. The maximum absolute atomic E-state index is 13.4. The topological polar surface area (TPSA) is 320 Å². The Balaban J connectivity index is 1.19. The molecule has 0 spiro atoms. The van der Waals surface area contributed by atoms with Crippen LogP contribution in [0.25, 0.3) is 0 Å². The molecular weight excluding hydrogens is 792 g/mol. The van der Waals surface area contributed by atoms with E-state index in [0.717, 1.165) is 6.26 Å². The number of carbonyl (C=O) groups is 2. The molecule has 10 N–H and O–H groups in total. The van der Waals surface area contributed by atoms with E-state index in [0.29, 0.717) is 0 Å². The first-order valence-electron chi connectivity index (χ1n) is 19.4. The number of ether oxygens (including phenoxy) is 9. The molecule has 1 aliphatic carbocycles. The van der Waals surface area contributed by atoms with Crippen LogP contribution < -0.4 is 0 Å². The van der Waals surface area contributed by atoms with Crippen LogP contribution in [-0.4, -0.2) is 194 Å². The Morgan fingerprint density at radius 1 is 0.949 bits per heavy atom. The monoisotopic (exact) mass is 850 g/mol. The highest BCUT2D eigenvalue weighted by Gasteiger charge is 2.55. The first-order valence-corrected chi connectivity index (χ1v) is 19.4. The molecule has 0 radical (unpaired) electrons. The molecule has 5 rings (SSSR count). The van der Waals surface area contributed by atoms with Gasteiger partial charge in [-0.05, 0) is 33.1 Å². The Morgan fingerprint density at radius 3 is 2.20 bits per heavy atom. The fourth-order valence-corrected chi connectivity index (χ4v) is 7.87. The van der Waals surface area contributed by atoms with E-state index in [9.17, 15) is 60.7 Å². The van der Waals surface area contributed by atoms with E-state index < -0.39 is 154 Å². The highest BCUT2D eigenvalue weighted by Crippen LogP contribution is 2.49. The maximum Gasteiger partial charge on any atom is 0.337 e. The van der Waals surface area contributed by atoms with E-state index in [1.807, 2.05) is 0 Å². The van der Waals surface area contributed by atoms with Crippen molar-refractivity contribution in [3.63, 3.8) is 0 Å². The van der Waals surface area contributed by atoms with E-state index >= 15 is 0 Å². The number of rotatable bonds is 16. The summed E-state index contributed by atoms with van der Waals surface area (Å²) in [5, 5.41) is 102. The van der Waals surface area contributed by atoms with Crippen molar-refractivity contribution in [3.05, 3.63) is 36.1 Å². The zero-order valence-electron chi connectivity index (χ0n) is 33.2. The van der Waals surface area contributed by atoms with E-state index in [2.05, 4.69) is 6.58 Å². The van der Waals surface area contributed by atoms with E-state index in [1.54, 1.807) is 19.9 Å². The predicted molar refractivity (Wildman–Crippen MR) is 194 cm³/mol. The van der Waals surface area contributed by atoms with Gasteiger partial charge in [-0.2, -0.15) is 0 Å². The lowest BCUT2D eigenvalue weighted by Crippen LogP contribution is -2.61. The molecular formula is C38H58O21. The molecule has 19 atom stereocenters. The number of aliphatic hydroxyl groups excluding tert-OH is 9. The molecule has 0 aromatic carbocycles. The minimum atomic E-state index is -1.95. The summed E-state index contributed by atoms with van der Waals surface area (Å²) in [6.07, 6.45) is -15.8. The van der Waals surface area contributed by atoms with Gasteiger partial charge in [0.2, 0.25) is 6.29 Å². The Morgan fingerprint density at radius 2 is 1.59 bits per heavy atom. The highest BCUT2D eigenvalue weighted by atomic mass is 16.8. The molecule has 0 unspecified atom stereocenters. The molecule has 21 heteroatoms. The number of esters is 2. The summed E-state index contributed by atoms with van der Waals surface area (Å²) in [5.41, 5.74) is -2.78. The van der Waals surface area contributed by atoms with Gasteiger partial charge in [-0.15, -0.1) is 6.58 Å². The number of methoxy groups -OCH3 is 1. The normalized spacial score (nSPS) is 43.5. The molecule has 5 aliphatic rings. The van der Waals surface area contributed by atoms with Crippen LogP contribution in [0.15, 0.2) is 36.1 Å². The molecule has 21 nitrogen and oxygen atoms in total. The van der Waals surface area contributed by atoms with Gasteiger partial charge in [0.15, 0.2) is 18.9 Å². The van der Waals surface area contributed by atoms with E-state index in [1.165, 1.54) is 20.1 Å². The molecule has 4 heterocycles. The first kappa shape index (κ1) is 47.4. The minimum absolute atomic E-state index is 0.165. The van der Waals surface area contributed by atoms with Crippen LogP contribution in [0, 0.1) is 17.8 Å². The Bertz CT molecular complexity index is 1520. The van der Waals surface area contributed by atoms with Crippen LogP contribution in [0.3, 0.4) is 0 Å². The van der Waals surface area contributed by atoms with Crippen LogP contribution in [-0.2, 0) is 52.2 Å². The lowest BCUT2D eigenvalue weighted by molar-refractivity contribution is -0.342. The standard InChI is InChI=1S/C38H58O21/c1-6-37(4,59-35-29(46)27(44)25(42)22(57-35)13-53-36-30(47)38(50,14-40)15-54-36)9-7-8-16(2)31(48)55-20-10-18-19(32(49)51-5)12-52-33(23(18)17(20)3)58-34-28(45)26(43)24(41)21(11-39)56-34/h6,8,12,17-18,20-30,33-36,39-47,50H,1,7,9-11,13-15H2,2-5H3/b16-8+/t17-,18+,20-,21+,22+,23+,24+,25+,26-,27-,28+,29+,30-,33-,34-,35-,36+,37+,38+/m0/s1. The van der Waals surface area contributed by atoms with Gasteiger partial charge < -0.3 is 93.7 Å². The number of hydrogen-bond acceptors (Lipinski definition) is 21. The fraction of sp³-hybridized carbons (Fsp3) is 0.789. The molecule has 0 aromatic rings. The SMILES string of the molecule is C=C[C@](C)(CC/C=C(\C)C(=O)O[C@H]1C[C@@H]2C(C(=O)OC)=CO[C@@H](O[C@@H]3O[C@H](CO)[C@@H](O)[C@H](O)[C@H]3O)[C@@H]2[C@H]1C)O[C@@H]1O[C@H](CO[C@@H]2OC[C@](O)(CO)[C@H]2O)[C@@H](O)[C@H](O)[C@H]1O. The van der Waals surface area contributed by atoms with Gasteiger partial charge in [-0.1, -0.05) is 19.1 Å². The summed E-state index contributed by atoms with van der Waals surface area (Å²) in [6, 6.07) is 0. The number of hydrogen-bond donors (Lipinski definition) is 10. The van der Waals surface area contributed by atoms with Gasteiger partial charge in [-0.25, -0.2) is 9.59 Å². The molecule has 3 saturated heterocycles. The zero-order valence-corrected chi connectivity index (χ0v) is 33.2. The van der Waals surface area contributed by atoms with Crippen LogP contribution in [0.2, 0.25) is 0 Å². The molecule has 59 heavy (non-hydrogen) atoms. The van der Waals surface area contributed by atoms with Gasteiger partial charge in [0, 0.05) is 23.3 Å². The van der Waals surface area contributed by atoms with Crippen molar-refractivity contribution >= 4 is 11.9 Å². The largest absolute Gasteiger partial charge is 0.472 e. The number of carbonyl (C=O) groups excluding carboxylic acids is 2. The van der Waals surface area contributed by atoms with Gasteiger partial charge in [0.1, 0.15) is 66.6 Å². The third kappa shape index (κ3) is 10.0. The predicted octanol–water partition coefficient (Wildman–Crippen LogP) is -3.65. The lowest BCUT2D eigenvalue weighted by atomic mass is 9.83. The Hall–Kier alpha value is -2.68. The minimum Gasteiger partial charge on any atom is -0.472 e. The van der Waals surface area contributed by atoms with Crippen LogP contribution >= 0.6 is 0 Å². The molecule has 4 aliphatic heterocycles. The number of fused-ring (bicyclic) bond motifs is 1. The van der Waals surface area contributed by atoms with Crippen molar-refractivity contribution in [2.45, 2.75) is 137 Å². The van der Waals surface area contributed by atoms with Gasteiger partial charge in [0.05, 0.1) is 51.0 Å². The number of allylic oxidation sites excluding steroid dienone is 1. The van der Waals surface area contributed by atoms with Crippen molar-refractivity contribution in [2.75, 3.05) is 33.5 Å². The summed E-state index contributed by atoms with van der Waals surface area (Å²) in [5.74, 6) is -3.08. The average Bonchev–Trinajstić information content (AvgIpc) is 3.71. The zero-order chi connectivity index (χ0) is 43.6. The first-order chi connectivity index (χ1) is 27.8. The van der Waals surface area contributed by atoms with Crippen LogP contribution in [0.5, 0.6) is 0 Å². The van der Waals surface area contributed by atoms with Gasteiger partial charge in [0.25, 0.3) is 0 Å². The third-order valence-corrected chi connectivity index (χ3v) is 11.9. The smallest absolute Gasteiger partial charge is 0.337 e. The van der Waals surface area contributed by atoms with Crippen molar-refractivity contribution in [1.29, 1.82) is 0 Å². The molecule has 336 valence electrons. The Kier molecular flexibility index (Phi) is 15.7. The molecule has 4 fully saturated rings. The van der Waals surface area contributed by atoms with E-state index in [-0.39, 0.29) is 30.4 Å². The van der Waals surface area contributed by atoms with E-state index in [4.69, 9.17) is 42.6 Å². The van der Waals surface area contributed by atoms with Crippen LogP contribution in [0.4, 0.5) is 0 Å². The number of aliphatic hydroxyl groups is 10. The summed E-state index contributed by atoms with van der Waals surface area (Å²) >= 11 is 0. The van der Waals surface area contributed by atoms with Crippen LogP contribution in [0.1, 0.15) is 40.0 Å². The lowest BCUT2D eigenvalue weighted by Gasteiger charge is -2.43.